The first-order valence-corrected chi connectivity index (χ1v) is 14.0. The lowest BCUT2D eigenvalue weighted by molar-refractivity contribution is 0.0701. The zero-order chi connectivity index (χ0) is 26.8. The minimum Gasteiger partial charge on any atom is -0.388 e. The summed E-state index contributed by atoms with van der Waals surface area (Å²) in [7, 11) is 0. The number of aliphatic hydroxyl groups is 1. The van der Waals surface area contributed by atoms with Crippen molar-refractivity contribution >= 4 is 16.7 Å². The van der Waals surface area contributed by atoms with Crippen LogP contribution in [0.3, 0.4) is 0 Å². The maximum absolute atomic E-state index is 13.8. The summed E-state index contributed by atoms with van der Waals surface area (Å²) >= 11 is 0. The van der Waals surface area contributed by atoms with Crippen molar-refractivity contribution in [1.82, 2.24) is 9.80 Å². The lowest BCUT2D eigenvalue weighted by Crippen LogP contribution is -2.39. The number of carbonyl (C=O) groups is 1. The van der Waals surface area contributed by atoms with Crippen LogP contribution in [0.2, 0.25) is 0 Å². The summed E-state index contributed by atoms with van der Waals surface area (Å²) < 4.78 is 13.4. The van der Waals surface area contributed by atoms with Gasteiger partial charge in [0.05, 0.1) is 6.10 Å². The Morgan fingerprint density at radius 3 is 2.31 bits per heavy atom. The zero-order valence-electron chi connectivity index (χ0n) is 22.1. The van der Waals surface area contributed by atoms with E-state index in [-0.39, 0.29) is 23.6 Å². The highest BCUT2D eigenvalue weighted by molar-refractivity contribution is 6.07. The zero-order valence-corrected chi connectivity index (χ0v) is 22.1. The lowest BCUT2D eigenvalue weighted by atomic mass is 9.85. The maximum atomic E-state index is 13.8. The van der Waals surface area contributed by atoms with E-state index < -0.39 is 6.10 Å². The first kappa shape index (κ1) is 25.7. The van der Waals surface area contributed by atoms with Gasteiger partial charge in [-0.05, 0) is 77.9 Å². The first-order valence-electron chi connectivity index (χ1n) is 14.0. The Labute approximate surface area is 229 Å². The topological polar surface area (TPSA) is 43.8 Å². The van der Waals surface area contributed by atoms with Gasteiger partial charge >= 0.3 is 0 Å². The van der Waals surface area contributed by atoms with Crippen LogP contribution in [0.25, 0.3) is 10.8 Å². The highest BCUT2D eigenvalue weighted by Gasteiger charge is 2.41. The van der Waals surface area contributed by atoms with E-state index in [1.165, 1.54) is 5.56 Å². The first-order chi connectivity index (χ1) is 19.1. The largest absolute Gasteiger partial charge is 0.388 e. The Balaban J connectivity index is 1.19. The molecule has 0 bridgehead atoms. The van der Waals surface area contributed by atoms with Crippen LogP contribution in [0, 0.1) is 17.7 Å². The number of piperidine rings is 1. The number of hydrogen-bond acceptors (Lipinski definition) is 3. The minimum absolute atomic E-state index is 0.0366. The molecule has 4 aromatic carbocycles. The average Bonchev–Trinajstić information content (AvgIpc) is 3.41. The van der Waals surface area contributed by atoms with Gasteiger partial charge in [0.15, 0.2) is 0 Å². The van der Waals surface area contributed by atoms with Crippen molar-refractivity contribution in [3.8, 4) is 0 Å². The summed E-state index contributed by atoms with van der Waals surface area (Å²) in [5.74, 6) is 0.417. The van der Waals surface area contributed by atoms with Crippen LogP contribution in [0.15, 0.2) is 97.1 Å². The summed E-state index contributed by atoms with van der Waals surface area (Å²) in [6.45, 7) is 3.95. The van der Waals surface area contributed by atoms with Crippen LogP contribution in [-0.4, -0.2) is 53.5 Å². The second-order valence-corrected chi connectivity index (χ2v) is 11.1. The molecule has 4 aromatic rings. The number of rotatable bonds is 6. The summed E-state index contributed by atoms with van der Waals surface area (Å²) in [5.41, 5.74) is 2.84. The van der Waals surface area contributed by atoms with Gasteiger partial charge in [-0.15, -0.1) is 0 Å². The number of fused-ring (bicyclic) bond motifs is 1. The molecule has 2 fully saturated rings. The number of nitrogens with zero attached hydrogens (tertiary/aromatic N) is 2. The van der Waals surface area contributed by atoms with Gasteiger partial charge in [0, 0.05) is 31.1 Å². The predicted octanol–water partition coefficient (Wildman–Crippen LogP) is 6.28. The summed E-state index contributed by atoms with van der Waals surface area (Å²) in [4.78, 5) is 18.3. The molecule has 2 heterocycles. The molecule has 0 radical (unpaired) electrons. The number of halogens is 1. The molecule has 3 atom stereocenters. The van der Waals surface area contributed by atoms with Crippen molar-refractivity contribution in [2.24, 2.45) is 11.8 Å². The molecule has 2 saturated heterocycles. The van der Waals surface area contributed by atoms with Crippen molar-refractivity contribution in [3.63, 3.8) is 0 Å². The smallest absolute Gasteiger partial charge is 0.254 e. The molecule has 2 aliphatic rings. The molecule has 0 spiro atoms. The van der Waals surface area contributed by atoms with Gasteiger partial charge in [-0.2, -0.15) is 0 Å². The van der Waals surface area contributed by atoms with Crippen LogP contribution >= 0.6 is 0 Å². The summed E-state index contributed by atoms with van der Waals surface area (Å²) in [6.07, 6.45) is 1.43. The predicted molar refractivity (Wildman–Crippen MR) is 153 cm³/mol. The third-order valence-corrected chi connectivity index (χ3v) is 8.77. The number of hydrogen-bond donors (Lipinski definition) is 1. The molecule has 2 aliphatic heterocycles. The normalized spacial score (nSPS) is 21.3. The standard InChI is InChI=1S/C34H35FN2O2/c35-29-15-13-24(14-16-29)25-17-19-36(20-18-25)21-28-22-37(23-32(28)33(38)27-8-2-1-3-9-27)34(39)31-12-6-10-26-7-4-5-11-30(26)31/h1-16,25,28,32-33,38H,17-23H2/t28?,32?,33-/m1/s1. The van der Waals surface area contributed by atoms with Crippen molar-refractivity contribution < 1.29 is 14.3 Å². The highest BCUT2D eigenvalue weighted by Crippen LogP contribution is 2.37. The molecule has 1 N–H and O–H groups in total. The number of carbonyl (C=O) groups excluding carboxylic acids is 1. The molecule has 0 aliphatic carbocycles. The van der Waals surface area contributed by atoms with Gasteiger partial charge in [0.1, 0.15) is 5.82 Å². The van der Waals surface area contributed by atoms with Gasteiger partial charge in [-0.1, -0.05) is 78.9 Å². The van der Waals surface area contributed by atoms with E-state index in [4.69, 9.17) is 0 Å². The van der Waals surface area contributed by atoms with E-state index in [2.05, 4.69) is 4.90 Å². The lowest BCUT2D eigenvalue weighted by Gasteiger charge is -2.35. The van der Waals surface area contributed by atoms with Crippen molar-refractivity contribution in [2.45, 2.75) is 24.9 Å². The Kier molecular flexibility index (Phi) is 7.45. The fourth-order valence-electron chi connectivity index (χ4n) is 6.61. The monoisotopic (exact) mass is 522 g/mol. The van der Waals surface area contributed by atoms with Gasteiger partial charge < -0.3 is 14.9 Å². The van der Waals surface area contributed by atoms with Gasteiger partial charge in [-0.25, -0.2) is 4.39 Å². The van der Waals surface area contributed by atoms with Crippen molar-refractivity contribution in [1.29, 1.82) is 0 Å². The fourth-order valence-corrected chi connectivity index (χ4v) is 6.61. The molecule has 0 aromatic heterocycles. The Bertz CT molecular complexity index is 1410. The number of benzene rings is 4. The Hall–Kier alpha value is -3.54. The second kappa shape index (κ2) is 11.3. The molecule has 1 amide bonds. The molecule has 200 valence electrons. The van der Waals surface area contributed by atoms with Gasteiger partial charge in [0.25, 0.3) is 5.91 Å². The molecule has 4 nitrogen and oxygen atoms in total. The second-order valence-electron chi connectivity index (χ2n) is 11.1. The molecule has 0 saturated carbocycles. The molecule has 39 heavy (non-hydrogen) atoms. The van der Waals surface area contributed by atoms with E-state index in [0.717, 1.165) is 54.4 Å². The van der Waals surface area contributed by atoms with Gasteiger partial charge in [0.2, 0.25) is 0 Å². The maximum Gasteiger partial charge on any atom is 0.254 e. The van der Waals surface area contributed by atoms with Crippen LogP contribution < -0.4 is 0 Å². The molecule has 6 rings (SSSR count). The average molecular weight is 523 g/mol. The summed E-state index contributed by atoms with van der Waals surface area (Å²) in [5, 5.41) is 13.5. The van der Waals surface area contributed by atoms with Crippen molar-refractivity contribution in [3.05, 3.63) is 120 Å². The molecular formula is C34H35FN2O2. The minimum atomic E-state index is -0.627. The number of likely N-dealkylation sites (tertiary alicyclic amines) is 2. The number of aliphatic hydroxyl groups excluding tert-OH is 1. The molecular weight excluding hydrogens is 487 g/mol. The van der Waals surface area contributed by atoms with E-state index in [1.54, 1.807) is 12.1 Å². The van der Waals surface area contributed by atoms with Crippen LogP contribution in [0.1, 0.15) is 46.3 Å². The Morgan fingerprint density at radius 1 is 0.846 bits per heavy atom. The SMILES string of the molecule is O=C(c1cccc2ccccc12)N1CC(CN2CCC(c3ccc(F)cc3)CC2)C([C@H](O)c2ccccc2)C1. The van der Waals surface area contributed by atoms with Crippen LogP contribution in [0.4, 0.5) is 4.39 Å². The fraction of sp³-hybridized carbons (Fsp3) is 0.324. The number of amides is 1. The molecule has 2 unspecified atom stereocenters. The van der Waals surface area contributed by atoms with Crippen LogP contribution in [-0.2, 0) is 0 Å². The quantitative estimate of drug-likeness (QED) is 0.324. The molecule has 5 heteroatoms. The van der Waals surface area contributed by atoms with E-state index >= 15 is 0 Å². The Morgan fingerprint density at radius 2 is 1.54 bits per heavy atom. The third kappa shape index (κ3) is 5.47. The highest BCUT2D eigenvalue weighted by atomic mass is 19.1. The summed E-state index contributed by atoms with van der Waals surface area (Å²) in [6, 6.07) is 30.7. The van der Waals surface area contributed by atoms with Gasteiger partial charge in [-0.3, -0.25) is 4.79 Å². The van der Waals surface area contributed by atoms with E-state index in [9.17, 15) is 14.3 Å². The van der Waals surface area contributed by atoms with E-state index in [0.29, 0.717) is 19.0 Å². The van der Waals surface area contributed by atoms with E-state index in [1.807, 2.05) is 89.8 Å². The third-order valence-electron chi connectivity index (χ3n) is 8.77. The van der Waals surface area contributed by atoms with Crippen LogP contribution in [0.5, 0.6) is 0 Å². The van der Waals surface area contributed by atoms with Crippen molar-refractivity contribution in [2.75, 3.05) is 32.7 Å².